The van der Waals surface area contributed by atoms with Gasteiger partial charge in [-0.25, -0.2) is 4.79 Å². The highest BCUT2D eigenvalue weighted by atomic mass is 16.5. The van der Waals surface area contributed by atoms with Gasteiger partial charge >= 0.3 is 5.97 Å². The number of primary amides is 1. The van der Waals surface area contributed by atoms with Crippen LogP contribution in [0.1, 0.15) is 10.4 Å². The van der Waals surface area contributed by atoms with E-state index in [1.54, 1.807) is 29.2 Å². The number of benzene rings is 1. The van der Waals surface area contributed by atoms with Gasteiger partial charge in [0.25, 0.3) is 0 Å². The quantitative estimate of drug-likeness (QED) is 0.792. The molecule has 1 heterocycles. The smallest absolute Gasteiger partial charge is 0.328 e. The third-order valence-electron chi connectivity index (χ3n) is 2.90. The molecule has 1 aliphatic heterocycles. The Labute approximate surface area is 104 Å². The van der Waals surface area contributed by atoms with Crippen molar-refractivity contribution in [1.29, 1.82) is 0 Å². The number of rotatable bonds is 3. The number of aliphatic carboxylic acids is 1. The molecule has 2 rings (SSSR count). The maximum absolute atomic E-state index is 11.1. The number of ether oxygens (including phenoxy) is 1. The van der Waals surface area contributed by atoms with Crippen LogP contribution < -0.4 is 10.6 Å². The topological polar surface area (TPSA) is 92.9 Å². The van der Waals surface area contributed by atoms with Gasteiger partial charge in [0.15, 0.2) is 6.04 Å². The van der Waals surface area contributed by atoms with Crippen molar-refractivity contribution in [2.75, 3.05) is 24.7 Å². The molecule has 0 aromatic heterocycles. The fourth-order valence-electron chi connectivity index (χ4n) is 1.93. The summed E-state index contributed by atoms with van der Waals surface area (Å²) in [7, 11) is 0. The van der Waals surface area contributed by atoms with Crippen LogP contribution in [0.4, 0.5) is 5.69 Å². The Morgan fingerprint density at radius 1 is 1.33 bits per heavy atom. The van der Waals surface area contributed by atoms with Crippen molar-refractivity contribution in [3.8, 4) is 0 Å². The lowest BCUT2D eigenvalue weighted by atomic mass is 10.1. The number of amides is 1. The molecule has 6 nitrogen and oxygen atoms in total. The third kappa shape index (κ3) is 2.43. The molecule has 96 valence electrons. The van der Waals surface area contributed by atoms with Crippen LogP contribution in [0.15, 0.2) is 24.3 Å². The van der Waals surface area contributed by atoms with Crippen molar-refractivity contribution >= 4 is 17.6 Å². The van der Waals surface area contributed by atoms with E-state index in [1.165, 1.54) is 0 Å². The van der Waals surface area contributed by atoms with Gasteiger partial charge < -0.3 is 20.5 Å². The second-order valence-corrected chi connectivity index (χ2v) is 4.03. The fourth-order valence-corrected chi connectivity index (χ4v) is 1.93. The lowest BCUT2D eigenvalue weighted by Crippen LogP contribution is -2.50. The Bertz CT molecular complexity index is 458. The first-order chi connectivity index (χ1) is 8.59. The number of carboxylic acids is 1. The first-order valence-electron chi connectivity index (χ1n) is 5.56. The molecule has 1 unspecified atom stereocenters. The highest BCUT2D eigenvalue weighted by Crippen LogP contribution is 2.20. The van der Waals surface area contributed by atoms with E-state index in [-0.39, 0.29) is 6.61 Å². The lowest BCUT2D eigenvalue weighted by molar-refractivity contribution is -0.141. The molecule has 3 N–H and O–H groups in total. The van der Waals surface area contributed by atoms with Gasteiger partial charge in [-0.2, -0.15) is 0 Å². The van der Waals surface area contributed by atoms with Gasteiger partial charge in [-0.15, -0.1) is 0 Å². The predicted molar refractivity (Wildman–Crippen MR) is 64.5 cm³/mol. The molecular formula is C12H14N2O4. The van der Waals surface area contributed by atoms with Crippen LogP contribution in [0, 0.1) is 0 Å². The minimum absolute atomic E-state index is 0.160. The van der Waals surface area contributed by atoms with Crippen LogP contribution >= 0.6 is 0 Å². The minimum Gasteiger partial charge on any atom is -0.480 e. The number of nitrogens with zero attached hydrogens (tertiary/aromatic N) is 1. The molecule has 1 fully saturated rings. The average molecular weight is 250 g/mol. The van der Waals surface area contributed by atoms with E-state index in [4.69, 9.17) is 15.6 Å². The number of carboxylic acid groups (broad SMARTS) is 1. The fraction of sp³-hybridized carbons (Fsp3) is 0.333. The SMILES string of the molecule is NC(=O)c1ccc(N2CCOCC2C(=O)O)cc1. The van der Waals surface area contributed by atoms with Crippen molar-refractivity contribution in [2.24, 2.45) is 5.73 Å². The van der Waals surface area contributed by atoms with Gasteiger partial charge in [-0.05, 0) is 24.3 Å². The van der Waals surface area contributed by atoms with Crippen molar-refractivity contribution in [1.82, 2.24) is 0 Å². The van der Waals surface area contributed by atoms with Crippen molar-refractivity contribution in [3.05, 3.63) is 29.8 Å². The Kier molecular flexibility index (Phi) is 3.47. The standard InChI is InChI=1S/C12H14N2O4/c13-11(15)8-1-3-9(4-2-8)14-5-6-18-7-10(14)12(16)17/h1-4,10H,5-7H2,(H2,13,15)(H,16,17). The number of morpholine rings is 1. The molecule has 1 atom stereocenters. The van der Waals surface area contributed by atoms with Crippen molar-refractivity contribution in [3.63, 3.8) is 0 Å². The van der Waals surface area contributed by atoms with E-state index >= 15 is 0 Å². The van der Waals surface area contributed by atoms with E-state index in [1.807, 2.05) is 0 Å². The van der Waals surface area contributed by atoms with Gasteiger partial charge in [0.1, 0.15) is 0 Å². The second-order valence-electron chi connectivity index (χ2n) is 4.03. The first-order valence-corrected chi connectivity index (χ1v) is 5.56. The van der Waals surface area contributed by atoms with Crippen LogP contribution in [0.25, 0.3) is 0 Å². The summed E-state index contributed by atoms with van der Waals surface area (Å²) in [6.07, 6.45) is 0. The highest BCUT2D eigenvalue weighted by molar-refractivity contribution is 5.93. The van der Waals surface area contributed by atoms with Gasteiger partial charge in [-0.1, -0.05) is 0 Å². The van der Waals surface area contributed by atoms with E-state index in [0.717, 1.165) is 5.69 Å². The van der Waals surface area contributed by atoms with Gasteiger partial charge in [-0.3, -0.25) is 4.79 Å². The monoisotopic (exact) mass is 250 g/mol. The minimum atomic E-state index is -0.923. The number of carbonyl (C=O) groups is 2. The Morgan fingerprint density at radius 3 is 2.56 bits per heavy atom. The van der Waals surface area contributed by atoms with Crippen LogP contribution in [0.5, 0.6) is 0 Å². The van der Waals surface area contributed by atoms with Crippen molar-refractivity contribution < 1.29 is 19.4 Å². The number of nitrogens with two attached hydrogens (primary N) is 1. The molecule has 1 aromatic carbocycles. The molecule has 1 aromatic rings. The van der Waals surface area contributed by atoms with Crippen molar-refractivity contribution in [2.45, 2.75) is 6.04 Å². The maximum atomic E-state index is 11.1. The molecule has 1 aliphatic rings. The van der Waals surface area contributed by atoms with Crippen LogP contribution in [-0.4, -0.2) is 42.8 Å². The number of anilines is 1. The summed E-state index contributed by atoms with van der Waals surface area (Å²) in [4.78, 5) is 23.8. The Morgan fingerprint density at radius 2 is 2.00 bits per heavy atom. The third-order valence-corrected chi connectivity index (χ3v) is 2.90. The summed E-state index contributed by atoms with van der Waals surface area (Å²) >= 11 is 0. The average Bonchev–Trinajstić information content (AvgIpc) is 2.39. The molecule has 0 radical (unpaired) electrons. The van der Waals surface area contributed by atoms with Crippen LogP contribution in [0.2, 0.25) is 0 Å². The van der Waals surface area contributed by atoms with Crippen LogP contribution in [0.3, 0.4) is 0 Å². The molecule has 1 saturated heterocycles. The number of hydrogen-bond acceptors (Lipinski definition) is 4. The summed E-state index contributed by atoms with van der Waals surface area (Å²) in [5, 5.41) is 9.12. The summed E-state index contributed by atoms with van der Waals surface area (Å²) in [6.45, 7) is 1.15. The molecule has 18 heavy (non-hydrogen) atoms. The summed E-state index contributed by atoms with van der Waals surface area (Å²) in [5.41, 5.74) is 6.30. The zero-order chi connectivity index (χ0) is 13.1. The zero-order valence-corrected chi connectivity index (χ0v) is 9.70. The molecule has 0 aliphatic carbocycles. The Balaban J connectivity index is 2.23. The summed E-state index contributed by atoms with van der Waals surface area (Å²) in [6, 6.07) is 5.87. The molecule has 0 bridgehead atoms. The predicted octanol–water partition coefficient (Wildman–Crippen LogP) is 0.0753. The number of hydrogen-bond donors (Lipinski definition) is 2. The van der Waals surface area contributed by atoms with Crippen LogP contribution in [-0.2, 0) is 9.53 Å². The maximum Gasteiger partial charge on any atom is 0.328 e. The summed E-state index contributed by atoms with van der Waals surface area (Å²) < 4.78 is 5.16. The van der Waals surface area contributed by atoms with Gasteiger partial charge in [0, 0.05) is 17.8 Å². The summed E-state index contributed by atoms with van der Waals surface area (Å²) in [5.74, 6) is -1.42. The Hall–Kier alpha value is -2.08. The number of carbonyl (C=O) groups excluding carboxylic acids is 1. The van der Waals surface area contributed by atoms with Gasteiger partial charge in [0.05, 0.1) is 13.2 Å². The first kappa shape index (κ1) is 12.4. The van der Waals surface area contributed by atoms with E-state index in [0.29, 0.717) is 18.7 Å². The van der Waals surface area contributed by atoms with E-state index in [2.05, 4.69) is 0 Å². The molecule has 1 amide bonds. The second kappa shape index (κ2) is 5.05. The van der Waals surface area contributed by atoms with E-state index < -0.39 is 17.9 Å². The lowest BCUT2D eigenvalue weighted by Gasteiger charge is -2.34. The normalized spacial score (nSPS) is 19.6. The zero-order valence-electron chi connectivity index (χ0n) is 9.70. The molecular weight excluding hydrogens is 236 g/mol. The highest BCUT2D eigenvalue weighted by Gasteiger charge is 2.29. The molecule has 6 heteroatoms. The largest absolute Gasteiger partial charge is 0.480 e. The molecule has 0 spiro atoms. The van der Waals surface area contributed by atoms with E-state index in [9.17, 15) is 9.59 Å². The van der Waals surface area contributed by atoms with Gasteiger partial charge in [0.2, 0.25) is 5.91 Å². The molecule has 0 saturated carbocycles.